The van der Waals surface area contributed by atoms with Gasteiger partial charge >= 0.3 is 0 Å². The molecule has 116 valence electrons. The first kappa shape index (κ1) is 14.9. The van der Waals surface area contributed by atoms with Crippen LogP contribution in [0.25, 0.3) is 0 Å². The zero-order valence-electron chi connectivity index (χ0n) is 12.4. The maximum absolute atomic E-state index is 12.5. The van der Waals surface area contributed by atoms with Crippen LogP contribution in [0.5, 0.6) is 5.75 Å². The minimum absolute atomic E-state index is 0.0124. The lowest BCUT2D eigenvalue weighted by molar-refractivity contribution is 0.0766. The van der Waals surface area contributed by atoms with E-state index in [2.05, 4.69) is 5.10 Å². The van der Waals surface area contributed by atoms with Gasteiger partial charge in [0.2, 0.25) is 0 Å². The predicted octanol–water partition coefficient (Wildman–Crippen LogP) is 2.85. The van der Waals surface area contributed by atoms with Crippen molar-refractivity contribution in [3.8, 4) is 5.75 Å². The molecule has 2 heterocycles. The van der Waals surface area contributed by atoms with Crippen LogP contribution in [0, 0.1) is 0 Å². The molecule has 1 unspecified atom stereocenters. The third kappa shape index (κ3) is 3.09. The summed E-state index contributed by atoms with van der Waals surface area (Å²) >= 11 is 6.10. The Hall–Kier alpha value is -2.01. The second-order valence-electron chi connectivity index (χ2n) is 5.27. The average Bonchev–Trinajstić information content (AvgIpc) is 3.14. The number of carbonyl (C=O) groups excluding carboxylic acids is 1. The number of likely N-dealkylation sites (tertiary alicyclic amines) is 1. The van der Waals surface area contributed by atoms with Gasteiger partial charge in [-0.25, -0.2) is 0 Å². The van der Waals surface area contributed by atoms with Crippen LogP contribution < -0.4 is 4.74 Å². The van der Waals surface area contributed by atoms with Crippen LogP contribution in [-0.2, 0) is 6.54 Å². The van der Waals surface area contributed by atoms with Gasteiger partial charge in [0.25, 0.3) is 5.91 Å². The van der Waals surface area contributed by atoms with Gasteiger partial charge in [-0.15, -0.1) is 0 Å². The lowest BCUT2D eigenvalue weighted by Crippen LogP contribution is -2.31. The van der Waals surface area contributed by atoms with E-state index in [0.29, 0.717) is 30.4 Å². The van der Waals surface area contributed by atoms with Gasteiger partial charge in [0.15, 0.2) is 5.69 Å². The van der Waals surface area contributed by atoms with Crippen LogP contribution in [0.3, 0.4) is 0 Å². The molecule has 1 amide bonds. The molecule has 5 nitrogen and oxygen atoms in total. The largest absolute Gasteiger partial charge is 0.489 e. The molecule has 1 aromatic heterocycles. The van der Waals surface area contributed by atoms with Gasteiger partial charge < -0.3 is 9.64 Å². The summed E-state index contributed by atoms with van der Waals surface area (Å²) in [5.74, 6) is 0.700. The first-order valence-electron chi connectivity index (χ1n) is 7.41. The summed E-state index contributed by atoms with van der Waals surface area (Å²) in [5, 5.41) is 4.64. The van der Waals surface area contributed by atoms with E-state index < -0.39 is 0 Å². The lowest BCUT2D eigenvalue weighted by atomic mass is 10.3. The molecule has 1 aliphatic heterocycles. The zero-order chi connectivity index (χ0) is 15.5. The molecule has 0 radical (unpaired) electrons. The standard InChI is InChI=1S/C16H18ClN3O2/c1-2-20-11-14(17)15(18-20)16(21)19-9-8-13(10-19)22-12-6-4-3-5-7-12/h3-7,11,13H,2,8-10H2,1H3. The number of nitrogens with zero attached hydrogens (tertiary/aromatic N) is 3. The number of ether oxygens (including phenoxy) is 1. The predicted molar refractivity (Wildman–Crippen MR) is 84.3 cm³/mol. The van der Waals surface area contributed by atoms with Crippen molar-refractivity contribution in [3.05, 3.63) is 47.2 Å². The fourth-order valence-corrected chi connectivity index (χ4v) is 2.79. The molecule has 1 aromatic carbocycles. The number of aryl methyl sites for hydroxylation is 1. The van der Waals surface area contributed by atoms with Crippen molar-refractivity contribution in [2.45, 2.75) is 26.0 Å². The maximum atomic E-state index is 12.5. The molecule has 0 aliphatic carbocycles. The van der Waals surface area contributed by atoms with Crippen molar-refractivity contribution >= 4 is 17.5 Å². The van der Waals surface area contributed by atoms with E-state index in [9.17, 15) is 4.79 Å². The molecule has 2 aromatic rings. The molecule has 3 rings (SSSR count). The zero-order valence-corrected chi connectivity index (χ0v) is 13.2. The Bertz CT molecular complexity index is 657. The van der Waals surface area contributed by atoms with Gasteiger partial charge in [-0.1, -0.05) is 29.8 Å². The van der Waals surface area contributed by atoms with Crippen LogP contribution in [0.4, 0.5) is 0 Å². The summed E-state index contributed by atoms with van der Waals surface area (Å²) in [7, 11) is 0. The number of benzene rings is 1. The van der Waals surface area contributed by atoms with E-state index in [1.165, 1.54) is 0 Å². The molecule has 1 atom stereocenters. The van der Waals surface area contributed by atoms with Gasteiger partial charge in [0.05, 0.1) is 11.6 Å². The highest BCUT2D eigenvalue weighted by molar-refractivity contribution is 6.33. The normalized spacial score (nSPS) is 17.7. The fourth-order valence-electron chi connectivity index (χ4n) is 2.55. The van der Waals surface area contributed by atoms with Crippen molar-refractivity contribution in [2.24, 2.45) is 0 Å². The van der Waals surface area contributed by atoms with E-state index in [0.717, 1.165) is 12.2 Å². The summed E-state index contributed by atoms with van der Waals surface area (Å²) < 4.78 is 7.57. The number of carbonyl (C=O) groups is 1. The summed E-state index contributed by atoms with van der Waals surface area (Å²) in [4.78, 5) is 14.3. The highest BCUT2D eigenvalue weighted by Gasteiger charge is 2.30. The van der Waals surface area contributed by atoms with Gasteiger partial charge in [0, 0.05) is 25.7 Å². The number of rotatable bonds is 4. The summed E-state index contributed by atoms with van der Waals surface area (Å²) in [5.41, 5.74) is 0.323. The number of aromatic nitrogens is 2. The Labute approximate surface area is 134 Å². The van der Waals surface area contributed by atoms with E-state index in [-0.39, 0.29) is 12.0 Å². The third-order valence-electron chi connectivity index (χ3n) is 3.72. The number of halogens is 1. The van der Waals surface area contributed by atoms with Gasteiger partial charge in [0.1, 0.15) is 11.9 Å². The Morgan fingerprint density at radius 1 is 1.41 bits per heavy atom. The Morgan fingerprint density at radius 3 is 2.86 bits per heavy atom. The molecular weight excluding hydrogens is 302 g/mol. The van der Waals surface area contributed by atoms with Gasteiger partial charge in [-0.3, -0.25) is 9.48 Å². The molecular formula is C16H18ClN3O2. The molecule has 1 saturated heterocycles. The van der Waals surface area contributed by atoms with Crippen molar-refractivity contribution in [1.82, 2.24) is 14.7 Å². The van der Waals surface area contributed by atoms with E-state index in [1.807, 2.05) is 37.3 Å². The molecule has 22 heavy (non-hydrogen) atoms. The molecule has 0 spiro atoms. The van der Waals surface area contributed by atoms with Crippen LogP contribution in [0.2, 0.25) is 5.02 Å². The maximum Gasteiger partial charge on any atom is 0.276 e. The molecule has 0 saturated carbocycles. The molecule has 1 aliphatic rings. The fraction of sp³-hybridized carbons (Fsp3) is 0.375. The highest BCUT2D eigenvalue weighted by Crippen LogP contribution is 2.22. The number of hydrogen-bond acceptors (Lipinski definition) is 3. The Kier molecular flexibility index (Phi) is 4.34. The van der Waals surface area contributed by atoms with Crippen molar-refractivity contribution in [2.75, 3.05) is 13.1 Å². The smallest absolute Gasteiger partial charge is 0.276 e. The topological polar surface area (TPSA) is 47.4 Å². The lowest BCUT2D eigenvalue weighted by Gasteiger charge is -2.16. The van der Waals surface area contributed by atoms with Gasteiger partial charge in [-0.2, -0.15) is 5.10 Å². The van der Waals surface area contributed by atoms with Crippen LogP contribution >= 0.6 is 11.6 Å². The first-order chi connectivity index (χ1) is 10.7. The third-order valence-corrected chi connectivity index (χ3v) is 4.00. The first-order valence-corrected chi connectivity index (χ1v) is 7.79. The average molecular weight is 320 g/mol. The number of para-hydroxylation sites is 1. The van der Waals surface area contributed by atoms with Crippen LogP contribution in [-0.4, -0.2) is 39.8 Å². The van der Waals surface area contributed by atoms with E-state index >= 15 is 0 Å². The van der Waals surface area contributed by atoms with Crippen molar-refractivity contribution < 1.29 is 9.53 Å². The monoisotopic (exact) mass is 319 g/mol. The number of amides is 1. The number of hydrogen-bond donors (Lipinski definition) is 0. The SMILES string of the molecule is CCn1cc(Cl)c(C(=O)N2CCC(Oc3ccccc3)C2)n1. The molecule has 6 heteroatoms. The summed E-state index contributed by atoms with van der Waals surface area (Å²) in [6, 6.07) is 9.66. The second-order valence-corrected chi connectivity index (χ2v) is 5.68. The van der Waals surface area contributed by atoms with Crippen molar-refractivity contribution in [1.29, 1.82) is 0 Å². The van der Waals surface area contributed by atoms with Gasteiger partial charge in [-0.05, 0) is 19.1 Å². The Morgan fingerprint density at radius 2 is 2.18 bits per heavy atom. The summed E-state index contributed by atoms with van der Waals surface area (Å²) in [6.45, 7) is 3.86. The molecule has 0 bridgehead atoms. The molecule has 0 N–H and O–H groups in total. The van der Waals surface area contributed by atoms with Crippen molar-refractivity contribution in [3.63, 3.8) is 0 Å². The van der Waals surface area contributed by atoms with Crippen LogP contribution in [0.15, 0.2) is 36.5 Å². The van der Waals surface area contributed by atoms with Crippen LogP contribution in [0.1, 0.15) is 23.8 Å². The quantitative estimate of drug-likeness (QED) is 0.870. The van der Waals surface area contributed by atoms with E-state index in [4.69, 9.17) is 16.3 Å². The highest BCUT2D eigenvalue weighted by atomic mass is 35.5. The minimum atomic E-state index is -0.128. The second kappa shape index (κ2) is 6.40. The van der Waals surface area contributed by atoms with E-state index in [1.54, 1.807) is 15.8 Å². The molecule has 1 fully saturated rings. The minimum Gasteiger partial charge on any atom is -0.489 e. The Balaban J connectivity index is 1.64. The summed E-state index contributed by atoms with van der Waals surface area (Å²) in [6.07, 6.45) is 2.51.